The molecule has 0 aliphatic heterocycles. The first-order valence-electron chi connectivity index (χ1n) is 2.12. The third-order valence-electron chi connectivity index (χ3n) is 0.491. The smallest absolute Gasteiger partial charge is 0.148 e. The van der Waals surface area contributed by atoms with Crippen molar-refractivity contribution in [2.45, 2.75) is 13.3 Å². The first-order valence-corrected chi connectivity index (χ1v) is 5.08. The van der Waals surface area contributed by atoms with Gasteiger partial charge in [-0.15, -0.1) is 0 Å². The monoisotopic (exact) mass is 120 g/mol. The lowest BCUT2D eigenvalue weighted by Crippen LogP contribution is -1.62. The van der Waals surface area contributed by atoms with Gasteiger partial charge in [0.25, 0.3) is 0 Å². The Morgan fingerprint density at radius 2 is 2.50 bits per heavy atom. The van der Waals surface area contributed by atoms with Gasteiger partial charge in [-0.05, 0) is 6.42 Å². The maximum atomic E-state index is 5.43. The lowest BCUT2D eigenvalue weighted by Gasteiger charge is -1.70. The molecule has 0 nitrogen and oxygen atoms in total. The number of hydrogen-bond donors (Lipinski definition) is 0. The molecule has 36 valence electrons. The molecular formula is C4H9ClSi. The summed E-state index contributed by atoms with van der Waals surface area (Å²) in [7, 11) is -0.305. The normalized spacial score (nSPS) is 12.3. The van der Waals surface area contributed by atoms with Crippen LogP contribution in [-0.4, -0.2) is 8.83 Å². The van der Waals surface area contributed by atoms with Crippen LogP contribution in [0.15, 0.2) is 11.8 Å². The van der Waals surface area contributed by atoms with Crippen molar-refractivity contribution >= 4 is 19.9 Å². The van der Waals surface area contributed by atoms with E-state index in [9.17, 15) is 0 Å². The summed E-state index contributed by atoms with van der Waals surface area (Å²) in [6.07, 6.45) is 3.24. The number of hydrogen-bond acceptors (Lipinski definition) is 0. The highest BCUT2D eigenvalue weighted by Crippen LogP contribution is 1.77. The number of allylic oxidation sites excluding steroid dienone is 1. The second-order valence-corrected chi connectivity index (χ2v) is 2.74. The molecule has 0 amide bonds. The number of halogens is 1. The van der Waals surface area contributed by atoms with Crippen LogP contribution in [0.1, 0.15) is 13.3 Å². The largest absolute Gasteiger partial charge is 0.171 e. The molecule has 6 heavy (non-hydrogen) atoms. The predicted octanol–water partition coefficient (Wildman–Crippen LogP) is 1.23. The van der Waals surface area contributed by atoms with Gasteiger partial charge in [-0.2, -0.15) is 11.1 Å². The van der Waals surface area contributed by atoms with Gasteiger partial charge in [0, 0.05) is 0 Å². The highest BCUT2D eigenvalue weighted by molar-refractivity contribution is 6.96. The van der Waals surface area contributed by atoms with Crippen molar-refractivity contribution in [3.63, 3.8) is 0 Å². The van der Waals surface area contributed by atoms with Crippen LogP contribution in [0.3, 0.4) is 0 Å². The van der Waals surface area contributed by atoms with Crippen LogP contribution in [0, 0.1) is 0 Å². The third kappa shape index (κ3) is 4.25. The average Bonchev–Trinajstić information content (AvgIpc) is 1.61. The van der Waals surface area contributed by atoms with Crippen LogP contribution in [0.25, 0.3) is 0 Å². The molecule has 0 rings (SSSR count). The minimum Gasteiger partial charge on any atom is -0.171 e. The lowest BCUT2D eigenvalue weighted by molar-refractivity contribution is 1.23. The molecule has 0 heterocycles. The summed E-state index contributed by atoms with van der Waals surface area (Å²) in [6, 6.07) is 0. The molecule has 2 heteroatoms. The lowest BCUT2D eigenvalue weighted by atomic mass is 10.5. The topological polar surface area (TPSA) is 0 Å². The zero-order valence-corrected chi connectivity index (χ0v) is 6.12. The van der Waals surface area contributed by atoms with E-state index in [-0.39, 0.29) is 8.83 Å². The fraction of sp³-hybridized carbons (Fsp3) is 0.500. The van der Waals surface area contributed by atoms with Crippen molar-refractivity contribution in [1.29, 1.82) is 0 Å². The first-order chi connectivity index (χ1) is 2.91. The summed E-state index contributed by atoms with van der Waals surface area (Å²) in [6.45, 7) is 2.11. The number of rotatable bonds is 2. The van der Waals surface area contributed by atoms with Gasteiger partial charge in [0.05, 0.1) is 0 Å². The van der Waals surface area contributed by atoms with E-state index in [0.717, 1.165) is 6.42 Å². The van der Waals surface area contributed by atoms with E-state index in [0.29, 0.717) is 0 Å². The Morgan fingerprint density at radius 1 is 1.83 bits per heavy atom. The van der Waals surface area contributed by atoms with Gasteiger partial charge >= 0.3 is 0 Å². The molecule has 0 saturated carbocycles. The molecule has 0 aromatic heterocycles. The summed E-state index contributed by atoms with van der Waals surface area (Å²) in [4.78, 5) is 0. The quantitative estimate of drug-likeness (QED) is 0.380. The van der Waals surface area contributed by atoms with Gasteiger partial charge in [0.2, 0.25) is 0 Å². The molecule has 0 N–H and O–H groups in total. The van der Waals surface area contributed by atoms with Gasteiger partial charge in [0.1, 0.15) is 8.83 Å². The Balaban J connectivity index is 2.73. The molecule has 0 spiro atoms. The van der Waals surface area contributed by atoms with Gasteiger partial charge in [-0.25, -0.2) is 0 Å². The van der Waals surface area contributed by atoms with Crippen molar-refractivity contribution in [2.75, 3.05) is 0 Å². The third-order valence-corrected chi connectivity index (χ3v) is 1.54. The van der Waals surface area contributed by atoms with Crippen LogP contribution in [-0.2, 0) is 0 Å². The molecular weight excluding hydrogens is 112 g/mol. The zero-order valence-electron chi connectivity index (χ0n) is 3.95. The second kappa shape index (κ2) is 5.25. The Bertz CT molecular complexity index is 36.8. The predicted molar refractivity (Wildman–Crippen MR) is 33.8 cm³/mol. The van der Waals surface area contributed by atoms with E-state index in [2.05, 4.69) is 18.7 Å². The molecule has 0 bridgehead atoms. The van der Waals surface area contributed by atoms with Gasteiger partial charge < -0.3 is 0 Å². The van der Waals surface area contributed by atoms with E-state index in [1.807, 2.05) is 0 Å². The molecule has 0 unspecified atom stereocenters. The minimum atomic E-state index is -0.305. The molecule has 0 aromatic rings. The molecule has 0 radical (unpaired) electrons. The van der Waals surface area contributed by atoms with Gasteiger partial charge in [0.15, 0.2) is 0 Å². The minimum absolute atomic E-state index is 0.305. The summed E-state index contributed by atoms with van der Waals surface area (Å²) < 4.78 is 0. The fourth-order valence-electron chi connectivity index (χ4n) is 0.230. The Labute approximate surface area is 45.7 Å². The summed E-state index contributed by atoms with van der Waals surface area (Å²) in [5.74, 6) is 0. The van der Waals surface area contributed by atoms with Crippen LogP contribution in [0.5, 0.6) is 0 Å². The van der Waals surface area contributed by atoms with E-state index >= 15 is 0 Å². The Hall–Kier alpha value is 0.247. The van der Waals surface area contributed by atoms with Crippen molar-refractivity contribution in [3.05, 3.63) is 11.8 Å². The zero-order chi connectivity index (χ0) is 4.83. The maximum Gasteiger partial charge on any atom is 0.148 e. The Morgan fingerprint density at radius 3 is 2.67 bits per heavy atom. The van der Waals surface area contributed by atoms with Gasteiger partial charge in [-0.1, -0.05) is 18.7 Å². The highest BCUT2D eigenvalue weighted by atomic mass is 35.6. The fourth-order valence-corrected chi connectivity index (χ4v) is 1.07. The van der Waals surface area contributed by atoms with Crippen molar-refractivity contribution in [2.24, 2.45) is 0 Å². The molecule has 0 aliphatic rings. The standard InChI is InChI=1S/C4H9ClSi/c1-2-3-4-6-5/h3-4H,2,6H2,1H3. The van der Waals surface area contributed by atoms with Crippen molar-refractivity contribution in [3.8, 4) is 0 Å². The van der Waals surface area contributed by atoms with Crippen LogP contribution in [0.4, 0.5) is 0 Å². The second-order valence-electron chi connectivity index (χ2n) is 1.03. The Kier molecular flexibility index (Phi) is 5.46. The molecule has 0 saturated heterocycles. The summed E-state index contributed by atoms with van der Waals surface area (Å²) in [5, 5.41) is 0. The SMILES string of the molecule is CCC=C[SiH2]Cl. The van der Waals surface area contributed by atoms with Crippen LogP contribution >= 0.6 is 11.1 Å². The maximum absolute atomic E-state index is 5.43. The first kappa shape index (κ1) is 6.25. The van der Waals surface area contributed by atoms with Crippen LogP contribution < -0.4 is 0 Å². The highest BCUT2D eigenvalue weighted by Gasteiger charge is 1.63. The van der Waals surface area contributed by atoms with Crippen molar-refractivity contribution < 1.29 is 0 Å². The molecule has 0 fully saturated rings. The molecule has 0 atom stereocenters. The van der Waals surface area contributed by atoms with Crippen LogP contribution in [0.2, 0.25) is 0 Å². The van der Waals surface area contributed by atoms with Gasteiger partial charge in [-0.3, -0.25) is 0 Å². The van der Waals surface area contributed by atoms with Crippen molar-refractivity contribution in [1.82, 2.24) is 0 Å². The molecule has 0 aromatic carbocycles. The van der Waals surface area contributed by atoms with E-state index < -0.39 is 0 Å². The summed E-state index contributed by atoms with van der Waals surface area (Å²) >= 11 is 5.43. The van der Waals surface area contributed by atoms with E-state index in [1.165, 1.54) is 0 Å². The van der Waals surface area contributed by atoms with E-state index in [4.69, 9.17) is 11.1 Å². The van der Waals surface area contributed by atoms with E-state index in [1.54, 1.807) is 0 Å². The average molecular weight is 121 g/mol. The molecule has 0 aliphatic carbocycles. The summed E-state index contributed by atoms with van der Waals surface area (Å²) in [5.41, 5.74) is 2.08.